The number of hydrogen-bond donors (Lipinski definition) is 1. The highest BCUT2D eigenvalue weighted by atomic mass is 16.1. The number of rotatable bonds is 5. The van der Waals surface area contributed by atoms with Gasteiger partial charge in [0.2, 0.25) is 5.91 Å². The van der Waals surface area contributed by atoms with Gasteiger partial charge in [0.05, 0.1) is 5.92 Å². The van der Waals surface area contributed by atoms with Gasteiger partial charge in [-0.3, -0.25) is 9.69 Å². The Hall–Kier alpha value is -2.13. The minimum atomic E-state index is -0.127. The van der Waals surface area contributed by atoms with E-state index in [0.717, 1.165) is 25.1 Å². The number of carbonyl (C=O) groups excluding carboxylic acids is 1. The van der Waals surface area contributed by atoms with Gasteiger partial charge in [-0.05, 0) is 43.9 Å². The number of nitrogens with zero attached hydrogens (tertiary/aromatic N) is 1. The summed E-state index contributed by atoms with van der Waals surface area (Å²) in [4.78, 5) is 15.0. The summed E-state index contributed by atoms with van der Waals surface area (Å²) < 4.78 is 0. The van der Waals surface area contributed by atoms with Gasteiger partial charge in [-0.25, -0.2) is 0 Å². The minimum Gasteiger partial charge on any atom is -0.352 e. The zero-order valence-corrected chi connectivity index (χ0v) is 15.4. The predicted octanol–water partition coefficient (Wildman–Crippen LogP) is 4.06. The fourth-order valence-electron chi connectivity index (χ4n) is 3.45. The molecule has 0 bridgehead atoms. The van der Waals surface area contributed by atoms with Crippen LogP contribution in [-0.2, 0) is 4.79 Å². The molecule has 3 rings (SSSR count). The molecule has 2 aromatic carbocycles. The molecule has 2 atom stereocenters. The SMILES string of the molecule is CC(C(=O)NC1CCN(C(C)C)C1)c1ccc(-c2ccccc2)cc1. The molecule has 0 aliphatic carbocycles. The fourth-order valence-corrected chi connectivity index (χ4v) is 3.45. The molecule has 3 nitrogen and oxygen atoms in total. The van der Waals surface area contributed by atoms with Crippen LogP contribution in [0, 0.1) is 0 Å². The van der Waals surface area contributed by atoms with Crippen molar-refractivity contribution < 1.29 is 4.79 Å². The van der Waals surface area contributed by atoms with E-state index in [-0.39, 0.29) is 17.9 Å². The van der Waals surface area contributed by atoms with Crippen molar-refractivity contribution in [2.24, 2.45) is 0 Å². The molecule has 1 aliphatic heterocycles. The molecule has 0 spiro atoms. The van der Waals surface area contributed by atoms with Crippen LogP contribution in [-0.4, -0.2) is 36.0 Å². The van der Waals surface area contributed by atoms with Crippen molar-refractivity contribution in [2.75, 3.05) is 13.1 Å². The van der Waals surface area contributed by atoms with Gasteiger partial charge in [0.1, 0.15) is 0 Å². The van der Waals surface area contributed by atoms with E-state index < -0.39 is 0 Å². The van der Waals surface area contributed by atoms with Gasteiger partial charge < -0.3 is 5.32 Å². The topological polar surface area (TPSA) is 32.3 Å². The van der Waals surface area contributed by atoms with Gasteiger partial charge in [0.25, 0.3) is 0 Å². The average molecular weight is 336 g/mol. The number of nitrogens with one attached hydrogen (secondary N) is 1. The number of benzene rings is 2. The van der Waals surface area contributed by atoms with Gasteiger partial charge in [0, 0.05) is 25.2 Å². The molecule has 1 N–H and O–H groups in total. The molecule has 0 aromatic heterocycles. The first-order valence-electron chi connectivity index (χ1n) is 9.24. The Labute approximate surface area is 151 Å². The molecule has 0 radical (unpaired) electrons. The van der Waals surface area contributed by atoms with Crippen molar-refractivity contribution in [2.45, 2.75) is 45.2 Å². The molecule has 2 unspecified atom stereocenters. The molecule has 1 fully saturated rings. The third-order valence-electron chi connectivity index (χ3n) is 5.21. The summed E-state index contributed by atoms with van der Waals surface area (Å²) in [6.45, 7) is 8.44. The van der Waals surface area contributed by atoms with Crippen molar-refractivity contribution in [3.05, 3.63) is 60.2 Å². The largest absolute Gasteiger partial charge is 0.352 e. The predicted molar refractivity (Wildman–Crippen MR) is 104 cm³/mol. The van der Waals surface area contributed by atoms with Gasteiger partial charge in [-0.15, -0.1) is 0 Å². The van der Waals surface area contributed by atoms with Gasteiger partial charge in [-0.2, -0.15) is 0 Å². The van der Waals surface area contributed by atoms with E-state index in [4.69, 9.17) is 0 Å². The zero-order valence-electron chi connectivity index (χ0n) is 15.4. The molecule has 132 valence electrons. The number of hydrogen-bond acceptors (Lipinski definition) is 2. The maximum absolute atomic E-state index is 12.6. The van der Waals surface area contributed by atoms with E-state index in [0.29, 0.717) is 6.04 Å². The lowest BCUT2D eigenvalue weighted by Gasteiger charge is -2.21. The van der Waals surface area contributed by atoms with Crippen LogP contribution in [0.3, 0.4) is 0 Å². The molecule has 0 saturated carbocycles. The molecule has 1 saturated heterocycles. The van der Waals surface area contributed by atoms with Crippen molar-refractivity contribution in [3.8, 4) is 11.1 Å². The highest BCUT2D eigenvalue weighted by Crippen LogP contribution is 2.23. The maximum atomic E-state index is 12.6. The second kappa shape index (κ2) is 7.83. The highest BCUT2D eigenvalue weighted by Gasteiger charge is 2.27. The van der Waals surface area contributed by atoms with Crippen LogP contribution in [0.2, 0.25) is 0 Å². The minimum absolute atomic E-state index is 0.127. The molecule has 1 amide bonds. The lowest BCUT2D eigenvalue weighted by Crippen LogP contribution is -2.40. The number of carbonyl (C=O) groups is 1. The lowest BCUT2D eigenvalue weighted by molar-refractivity contribution is -0.122. The van der Waals surface area contributed by atoms with Crippen LogP contribution in [0.25, 0.3) is 11.1 Å². The second-order valence-corrected chi connectivity index (χ2v) is 7.29. The Morgan fingerprint density at radius 2 is 1.64 bits per heavy atom. The van der Waals surface area contributed by atoms with Crippen LogP contribution >= 0.6 is 0 Å². The summed E-state index contributed by atoms with van der Waals surface area (Å²) in [6, 6.07) is 19.5. The van der Waals surface area contributed by atoms with E-state index in [1.54, 1.807) is 0 Å². The van der Waals surface area contributed by atoms with Crippen LogP contribution in [0.5, 0.6) is 0 Å². The molecule has 25 heavy (non-hydrogen) atoms. The van der Waals surface area contributed by atoms with Crippen LogP contribution in [0.1, 0.15) is 38.7 Å². The number of likely N-dealkylation sites (tertiary alicyclic amines) is 1. The molecular formula is C22H28N2O. The monoisotopic (exact) mass is 336 g/mol. The zero-order chi connectivity index (χ0) is 17.8. The normalized spacial score (nSPS) is 19.1. The molecule has 2 aromatic rings. The maximum Gasteiger partial charge on any atom is 0.227 e. The number of amides is 1. The molecule has 3 heteroatoms. The summed E-state index contributed by atoms with van der Waals surface area (Å²) in [5.74, 6) is 0.000917. The highest BCUT2D eigenvalue weighted by molar-refractivity contribution is 5.83. The fraction of sp³-hybridized carbons (Fsp3) is 0.409. The summed E-state index contributed by atoms with van der Waals surface area (Å²) >= 11 is 0. The summed E-state index contributed by atoms with van der Waals surface area (Å²) in [5.41, 5.74) is 3.45. The molecular weight excluding hydrogens is 308 g/mol. The van der Waals surface area contributed by atoms with Crippen molar-refractivity contribution in [3.63, 3.8) is 0 Å². The Bertz CT molecular complexity index is 694. The van der Waals surface area contributed by atoms with Crippen molar-refractivity contribution in [1.82, 2.24) is 10.2 Å². The van der Waals surface area contributed by atoms with E-state index in [9.17, 15) is 4.79 Å². The smallest absolute Gasteiger partial charge is 0.227 e. The third kappa shape index (κ3) is 4.29. The molecule has 1 aliphatic rings. The Balaban J connectivity index is 1.61. The first kappa shape index (κ1) is 17.7. The van der Waals surface area contributed by atoms with Crippen molar-refractivity contribution in [1.29, 1.82) is 0 Å². The van der Waals surface area contributed by atoms with Crippen molar-refractivity contribution >= 4 is 5.91 Å². The Morgan fingerprint density at radius 1 is 1.00 bits per heavy atom. The summed E-state index contributed by atoms with van der Waals surface area (Å²) in [6.07, 6.45) is 1.05. The van der Waals surface area contributed by atoms with Crippen LogP contribution in [0.4, 0.5) is 0 Å². The van der Waals surface area contributed by atoms with Gasteiger partial charge in [-0.1, -0.05) is 54.6 Å². The van der Waals surface area contributed by atoms with E-state index >= 15 is 0 Å². The third-order valence-corrected chi connectivity index (χ3v) is 5.21. The first-order valence-corrected chi connectivity index (χ1v) is 9.24. The van der Waals surface area contributed by atoms with Crippen LogP contribution in [0.15, 0.2) is 54.6 Å². The summed E-state index contributed by atoms with van der Waals surface area (Å²) in [5, 5.41) is 3.23. The first-order chi connectivity index (χ1) is 12.0. The standard InChI is InChI=1S/C22H28N2O/c1-16(2)24-14-13-21(15-24)23-22(25)17(3)18-9-11-20(12-10-18)19-7-5-4-6-8-19/h4-12,16-17,21H,13-15H2,1-3H3,(H,23,25). The Kier molecular flexibility index (Phi) is 5.54. The lowest BCUT2D eigenvalue weighted by atomic mass is 9.96. The summed E-state index contributed by atoms with van der Waals surface area (Å²) in [7, 11) is 0. The van der Waals surface area contributed by atoms with Crippen LogP contribution < -0.4 is 5.32 Å². The van der Waals surface area contributed by atoms with E-state index in [2.05, 4.69) is 60.5 Å². The van der Waals surface area contributed by atoms with E-state index in [1.807, 2.05) is 25.1 Å². The quantitative estimate of drug-likeness (QED) is 0.893. The average Bonchev–Trinajstić information content (AvgIpc) is 3.11. The Morgan fingerprint density at radius 3 is 2.24 bits per heavy atom. The van der Waals surface area contributed by atoms with Gasteiger partial charge >= 0.3 is 0 Å². The van der Waals surface area contributed by atoms with Gasteiger partial charge in [0.15, 0.2) is 0 Å². The van der Waals surface area contributed by atoms with E-state index in [1.165, 1.54) is 11.1 Å². The second-order valence-electron chi connectivity index (χ2n) is 7.29. The molecule has 1 heterocycles.